The van der Waals surface area contributed by atoms with Crippen LogP contribution in [0.25, 0.3) is 0 Å². The van der Waals surface area contributed by atoms with E-state index in [0.29, 0.717) is 6.54 Å². The summed E-state index contributed by atoms with van der Waals surface area (Å²) < 4.78 is 14.8. The molecule has 2 amide bonds. The number of nitro groups is 1. The summed E-state index contributed by atoms with van der Waals surface area (Å²) in [6, 6.07) is 2.52. The summed E-state index contributed by atoms with van der Waals surface area (Å²) in [6.45, 7) is 2.39. The van der Waals surface area contributed by atoms with Crippen LogP contribution in [0.1, 0.15) is 19.1 Å². The highest BCUT2D eigenvalue weighted by Gasteiger charge is 2.32. The van der Waals surface area contributed by atoms with E-state index in [1.807, 2.05) is 6.92 Å². The Morgan fingerprint density at radius 3 is 3.08 bits per heavy atom. The van der Waals surface area contributed by atoms with Gasteiger partial charge >= 0.3 is 18.1 Å². The number of ether oxygens (including phenoxy) is 2. The first kappa shape index (κ1) is 17.2. The molecule has 1 atom stereocenters. The number of cyclic esters (lactones) is 1. The molecule has 1 aliphatic rings. The van der Waals surface area contributed by atoms with E-state index >= 15 is 0 Å². The lowest BCUT2D eigenvalue weighted by Crippen LogP contribution is -2.29. The van der Waals surface area contributed by atoms with Crippen LogP contribution in [0.2, 0.25) is 0 Å². The fraction of sp³-hybridized carbons (Fsp3) is 0.462. The van der Waals surface area contributed by atoms with Crippen LogP contribution in [0, 0.1) is 10.1 Å². The van der Waals surface area contributed by atoms with Crippen molar-refractivity contribution in [1.82, 2.24) is 10.3 Å². The zero-order chi connectivity index (χ0) is 17.5. The molecule has 0 radical (unpaired) electrons. The molecule has 1 fully saturated rings. The minimum absolute atomic E-state index is 0.0825. The van der Waals surface area contributed by atoms with Crippen molar-refractivity contribution in [2.45, 2.75) is 19.4 Å². The van der Waals surface area contributed by atoms with Gasteiger partial charge in [0.1, 0.15) is 11.5 Å². The zero-order valence-corrected chi connectivity index (χ0v) is 12.8. The largest absolute Gasteiger partial charge is 0.446 e. The number of carbonyl (C=O) groups is 2. The highest BCUT2D eigenvalue weighted by atomic mass is 16.6. The molecular weight excluding hydrogens is 324 g/mol. The molecule has 0 saturated carbocycles. The van der Waals surface area contributed by atoms with Crippen molar-refractivity contribution in [3.8, 4) is 0 Å². The molecule has 1 saturated heterocycles. The van der Waals surface area contributed by atoms with Gasteiger partial charge in [-0.3, -0.25) is 10.1 Å². The number of amides is 2. The topological polar surface area (TPSA) is 137 Å². The highest BCUT2D eigenvalue weighted by molar-refractivity contribution is 5.78. The van der Waals surface area contributed by atoms with Gasteiger partial charge in [-0.2, -0.15) is 10.1 Å². The summed E-state index contributed by atoms with van der Waals surface area (Å²) in [7, 11) is 0. The molecule has 0 bridgehead atoms. The molecule has 24 heavy (non-hydrogen) atoms. The molecule has 1 aliphatic heterocycles. The van der Waals surface area contributed by atoms with Crippen molar-refractivity contribution in [2.75, 3.05) is 19.7 Å². The second kappa shape index (κ2) is 7.94. The monoisotopic (exact) mass is 340 g/mol. The Bertz CT molecular complexity index is 642. The quantitative estimate of drug-likeness (QED) is 0.451. The smallest absolute Gasteiger partial charge is 0.433 e. The minimum atomic E-state index is -0.713. The third-order valence-corrected chi connectivity index (χ3v) is 2.89. The maximum absolute atomic E-state index is 11.6. The first-order valence-corrected chi connectivity index (χ1v) is 7.16. The fourth-order valence-corrected chi connectivity index (χ4v) is 1.77. The van der Waals surface area contributed by atoms with E-state index in [0.717, 1.165) is 17.6 Å². The highest BCUT2D eigenvalue weighted by Crippen LogP contribution is 2.15. The van der Waals surface area contributed by atoms with Gasteiger partial charge in [0.05, 0.1) is 18.8 Å². The van der Waals surface area contributed by atoms with Crippen LogP contribution in [0.15, 0.2) is 21.7 Å². The summed E-state index contributed by atoms with van der Waals surface area (Å²) in [6.07, 6.45) is -0.00700. The molecule has 130 valence electrons. The second-order valence-corrected chi connectivity index (χ2v) is 4.79. The Hall–Kier alpha value is -3.11. The van der Waals surface area contributed by atoms with Crippen LogP contribution in [0.3, 0.4) is 0 Å². The molecule has 2 heterocycles. The Kier molecular flexibility index (Phi) is 5.71. The van der Waals surface area contributed by atoms with Crippen LogP contribution in [-0.4, -0.2) is 54.1 Å². The summed E-state index contributed by atoms with van der Waals surface area (Å²) in [5.74, 6) is -0.307. The lowest BCUT2D eigenvalue weighted by Gasteiger charge is -2.09. The van der Waals surface area contributed by atoms with Crippen molar-refractivity contribution in [3.63, 3.8) is 0 Å². The van der Waals surface area contributed by atoms with Crippen molar-refractivity contribution in [2.24, 2.45) is 5.10 Å². The average Bonchev–Trinajstić information content (AvgIpc) is 3.15. The van der Waals surface area contributed by atoms with Crippen LogP contribution in [0.4, 0.5) is 15.5 Å². The molecule has 11 nitrogen and oxygen atoms in total. The number of hydrogen-bond acceptors (Lipinski definition) is 8. The molecule has 0 spiro atoms. The van der Waals surface area contributed by atoms with Gasteiger partial charge in [0.25, 0.3) is 0 Å². The molecular formula is C13H16N4O7. The third kappa shape index (κ3) is 4.69. The van der Waals surface area contributed by atoms with E-state index in [-0.39, 0.29) is 18.9 Å². The van der Waals surface area contributed by atoms with Crippen LogP contribution < -0.4 is 5.32 Å². The number of nitrogens with zero attached hydrogens (tertiary/aromatic N) is 3. The van der Waals surface area contributed by atoms with E-state index in [2.05, 4.69) is 10.4 Å². The van der Waals surface area contributed by atoms with Crippen molar-refractivity contribution in [3.05, 3.63) is 28.0 Å². The number of rotatable bonds is 7. The van der Waals surface area contributed by atoms with Crippen molar-refractivity contribution < 1.29 is 28.4 Å². The molecule has 1 N–H and O–H groups in total. The average molecular weight is 340 g/mol. The predicted molar refractivity (Wildman–Crippen MR) is 79.6 cm³/mol. The number of hydrazone groups is 1. The number of alkyl carbamates (subject to hydrolysis) is 1. The van der Waals surface area contributed by atoms with Gasteiger partial charge in [-0.05, 0) is 12.5 Å². The maximum atomic E-state index is 11.6. The summed E-state index contributed by atoms with van der Waals surface area (Å²) in [5, 5.41) is 17.9. The van der Waals surface area contributed by atoms with Gasteiger partial charge in [0, 0.05) is 6.54 Å². The third-order valence-electron chi connectivity index (χ3n) is 2.89. The van der Waals surface area contributed by atoms with Crippen LogP contribution >= 0.6 is 0 Å². The normalized spacial score (nSPS) is 17.1. The Morgan fingerprint density at radius 2 is 2.42 bits per heavy atom. The number of furan rings is 1. The predicted octanol–water partition coefficient (Wildman–Crippen LogP) is 1.48. The van der Waals surface area contributed by atoms with Crippen molar-refractivity contribution in [1.29, 1.82) is 0 Å². The van der Waals surface area contributed by atoms with Gasteiger partial charge in [-0.1, -0.05) is 6.92 Å². The van der Waals surface area contributed by atoms with Gasteiger partial charge in [-0.15, -0.1) is 0 Å². The number of hydrogen-bond donors (Lipinski definition) is 1. The summed E-state index contributed by atoms with van der Waals surface area (Å²) in [5.41, 5.74) is 0. The lowest BCUT2D eigenvalue weighted by molar-refractivity contribution is -0.402. The first-order valence-electron chi connectivity index (χ1n) is 7.16. The van der Waals surface area contributed by atoms with E-state index < -0.39 is 29.1 Å². The number of carbonyl (C=O) groups excluding carboxylic acids is 2. The standard InChI is InChI=1S/C13H16N4O7/c1-2-5-14-12(18)22-8-10-7-16(13(19)24-10)15-6-9-3-4-11(23-9)17(20)21/h3-4,6,10H,2,5,7-8H2,1H3,(H,14,18). The fourth-order valence-electron chi connectivity index (χ4n) is 1.77. The van der Waals surface area contributed by atoms with Gasteiger partial charge in [-0.25, -0.2) is 9.59 Å². The van der Waals surface area contributed by atoms with Gasteiger partial charge in [0.15, 0.2) is 11.9 Å². The molecule has 1 aromatic heterocycles. The molecule has 11 heteroatoms. The SMILES string of the molecule is CCCNC(=O)OCC1CN(N=Cc2ccc([N+](=O)[O-])o2)C(=O)O1. The minimum Gasteiger partial charge on any atom is -0.446 e. The van der Waals surface area contributed by atoms with E-state index in [1.54, 1.807) is 0 Å². The summed E-state index contributed by atoms with van der Waals surface area (Å²) in [4.78, 5) is 32.8. The molecule has 0 aliphatic carbocycles. The van der Waals surface area contributed by atoms with Crippen LogP contribution in [-0.2, 0) is 9.47 Å². The van der Waals surface area contributed by atoms with E-state index in [4.69, 9.17) is 13.9 Å². The summed E-state index contributed by atoms with van der Waals surface area (Å²) >= 11 is 0. The zero-order valence-electron chi connectivity index (χ0n) is 12.8. The van der Waals surface area contributed by atoms with Crippen molar-refractivity contribution >= 4 is 24.3 Å². The van der Waals surface area contributed by atoms with Crippen LogP contribution in [0.5, 0.6) is 0 Å². The van der Waals surface area contributed by atoms with Gasteiger partial charge in [0.2, 0.25) is 0 Å². The van der Waals surface area contributed by atoms with Gasteiger partial charge < -0.3 is 19.2 Å². The Balaban J connectivity index is 1.82. The molecule has 1 aromatic rings. The van der Waals surface area contributed by atoms with E-state index in [9.17, 15) is 19.7 Å². The first-order chi connectivity index (χ1) is 11.5. The molecule has 2 rings (SSSR count). The molecule has 0 aromatic carbocycles. The Labute approximate surface area is 136 Å². The molecule has 1 unspecified atom stereocenters. The number of nitrogens with one attached hydrogen (secondary N) is 1. The Morgan fingerprint density at radius 1 is 1.62 bits per heavy atom. The lowest BCUT2D eigenvalue weighted by atomic mass is 10.4. The van der Waals surface area contributed by atoms with E-state index in [1.165, 1.54) is 12.1 Å². The maximum Gasteiger partial charge on any atom is 0.433 e. The second-order valence-electron chi connectivity index (χ2n) is 4.79.